The molecule has 0 bridgehead atoms. The summed E-state index contributed by atoms with van der Waals surface area (Å²) < 4.78 is 0. The maximum atomic E-state index is 12.6. The van der Waals surface area contributed by atoms with Crippen molar-refractivity contribution in [1.29, 1.82) is 0 Å². The van der Waals surface area contributed by atoms with Gasteiger partial charge in [-0.25, -0.2) is 0 Å². The number of nitrogens with one attached hydrogen (secondary N) is 1. The van der Waals surface area contributed by atoms with Crippen LogP contribution in [0.15, 0.2) is 48.6 Å². The van der Waals surface area contributed by atoms with E-state index in [4.69, 9.17) is 0 Å². The molecular weight excluding hydrogens is 815 g/mol. The second-order valence-electron chi connectivity index (χ2n) is 20.0. The zero-order chi connectivity index (χ0) is 48.1. The van der Waals surface area contributed by atoms with Crippen LogP contribution in [0.4, 0.5) is 0 Å². The van der Waals surface area contributed by atoms with E-state index in [9.17, 15) is 25.2 Å². The van der Waals surface area contributed by atoms with Gasteiger partial charge in [-0.2, -0.15) is 0 Å². The Balaban J connectivity index is 3.61. The highest BCUT2D eigenvalue weighted by Gasteiger charge is 2.28. The molecule has 0 aromatic rings. The number of allylic oxidation sites excluding steroid dienone is 8. The summed E-state index contributed by atoms with van der Waals surface area (Å²) in [4.78, 5) is 12.6. The molecule has 5 N–H and O–H groups in total. The Kier molecular flexibility index (Phi) is 52.8. The Hall–Kier alpha value is -1.73. The number of aliphatic hydroxyl groups excluding tert-OH is 4. The number of amides is 1. The van der Waals surface area contributed by atoms with Crippen molar-refractivity contribution in [3.8, 4) is 0 Å². The molecule has 0 rings (SSSR count). The number of carbonyl (C=O) groups excluding carboxylic acids is 1. The minimum absolute atomic E-state index is 0.360. The molecule has 6 nitrogen and oxygen atoms in total. The molecule has 0 aliphatic heterocycles. The molecule has 0 aromatic carbocycles. The van der Waals surface area contributed by atoms with E-state index in [1.54, 1.807) is 0 Å². The van der Waals surface area contributed by atoms with Crippen LogP contribution in [0.2, 0.25) is 0 Å². The zero-order valence-electron chi connectivity index (χ0n) is 43.9. The van der Waals surface area contributed by atoms with E-state index < -0.39 is 36.9 Å². The van der Waals surface area contributed by atoms with Crippen molar-refractivity contribution in [2.24, 2.45) is 0 Å². The van der Waals surface area contributed by atoms with Gasteiger partial charge in [-0.1, -0.05) is 262 Å². The quantitative estimate of drug-likeness (QED) is 0.0308. The van der Waals surface area contributed by atoms with Gasteiger partial charge in [-0.3, -0.25) is 4.79 Å². The van der Waals surface area contributed by atoms with Gasteiger partial charge in [0.2, 0.25) is 5.91 Å². The van der Waals surface area contributed by atoms with Crippen LogP contribution in [-0.4, -0.2) is 57.3 Å². The average Bonchev–Trinajstić information content (AvgIpc) is 3.32. The lowest BCUT2D eigenvalue weighted by molar-refractivity contribution is -0.132. The first kappa shape index (κ1) is 64.3. The Morgan fingerprint density at radius 2 is 0.682 bits per heavy atom. The fourth-order valence-corrected chi connectivity index (χ4v) is 8.92. The van der Waals surface area contributed by atoms with Gasteiger partial charge in [0.25, 0.3) is 0 Å². The van der Waals surface area contributed by atoms with E-state index in [0.29, 0.717) is 19.3 Å². The molecule has 0 saturated carbocycles. The standard InChI is InChI=1S/C60H113NO5/c1-3-5-7-9-11-13-15-17-19-21-22-23-24-25-26-27-28-29-30-31-32-33-34-35-36-37-38-40-42-44-46-48-50-52-54-58(64)60(66)61-56(55-62)59(65)57(63)53-51-49-47-45-43-41-39-20-18-16-14-12-10-8-6-4-2/h20,24-25,27-28,39,45,47,56-59,62-65H,3-19,21-23,26,29-38,40-44,46,48-55H2,1-2H3,(H,61,66)/b25-24-,28-27-,39-20+,47-45+. The van der Waals surface area contributed by atoms with Gasteiger partial charge >= 0.3 is 0 Å². The smallest absolute Gasteiger partial charge is 0.249 e. The van der Waals surface area contributed by atoms with E-state index in [1.807, 2.05) is 0 Å². The van der Waals surface area contributed by atoms with Crippen molar-refractivity contribution in [2.75, 3.05) is 6.61 Å². The first-order chi connectivity index (χ1) is 32.5. The van der Waals surface area contributed by atoms with E-state index in [-0.39, 0.29) is 0 Å². The summed E-state index contributed by atoms with van der Waals surface area (Å²) in [6.45, 7) is 4.05. The van der Waals surface area contributed by atoms with Crippen molar-refractivity contribution in [3.63, 3.8) is 0 Å². The highest BCUT2D eigenvalue weighted by atomic mass is 16.3. The van der Waals surface area contributed by atoms with Gasteiger partial charge in [0.1, 0.15) is 12.2 Å². The second-order valence-corrected chi connectivity index (χ2v) is 20.0. The molecule has 0 aliphatic rings. The summed E-state index contributed by atoms with van der Waals surface area (Å²) in [6, 6.07) is -1.01. The first-order valence-electron chi connectivity index (χ1n) is 29.0. The van der Waals surface area contributed by atoms with E-state index >= 15 is 0 Å². The Morgan fingerprint density at radius 1 is 0.379 bits per heavy atom. The number of aliphatic hydroxyl groups is 4. The van der Waals surface area contributed by atoms with Gasteiger partial charge in [-0.15, -0.1) is 0 Å². The molecule has 0 fully saturated rings. The molecule has 66 heavy (non-hydrogen) atoms. The Morgan fingerprint density at radius 3 is 1.05 bits per heavy atom. The van der Waals surface area contributed by atoms with Crippen molar-refractivity contribution in [3.05, 3.63) is 48.6 Å². The molecule has 4 unspecified atom stereocenters. The largest absolute Gasteiger partial charge is 0.394 e. The molecule has 388 valence electrons. The third-order valence-corrected chi connectivity index (χ3v) is 13.5. The number of unbranched alkanes of at least 4 members (excludes halogenated alkanes) is 36. The summed E-state index contributed by atoms with van der Waals surface area (Å²) in [6.07, 6.45) is 69.1. The predicted molar refractivity (Wildman–Crippen MR) is 288 cm³/mol. The molecule has 6 heteroatoms. The molecule has 0 saturated heterocycles. The van der Waals surface area contributed by atoms with Crippen LogP contribution >= 0.6 is 0 Å². The van der Waals surface area contributed by atoms with E-state index in [0.717, 1.165) is 44.9 Å². The minimum Gasteiger partial charge on any atom is -0.394 e. The number of hydrogen-bond donors (Lipinski definition) is 5. The van der Waals surface area contributed by atoms with Crippen molar-refractivity contribution in [2.45, 2.75) is 321 Å². The Bertz CT molecular complexity index is 1090. The summed E-state index contributed by atoms with van der Waals surface area (Å²) in [7, 11) is 0. The molecule has 1 amide bonds. The van der Waals surface area contributed by atoms with Crippen LogP contribution in [0, 0.1) is 0 Å². The summed E-state index contributed by atoms with van der Waals surface area (Å²) in [5.74, 6) is -0.596. The number of rotatable bonds is 53. The zero-order valence-corrected chi connectivity index (χ0v) is 43.9. The van der Waals surface area contributed by atoms with Gasteiger partial charge in [0, 0.05) is 0 Å². The van der Waals surface area contributed by atoms with Crippen LogP contribution < -0.4 is 5.32 Å². The van der Waals surface area contributed by atoms with E-state index in [2.05, 4.69) is 67.8 Å². The summed E-state index contributed by atoms with van der Waals surface area (Å²) in [5.41, 5.74) is 0. The van der Waals surface area contributed by atoms with Gasteiger partial charge in [0.05, 0.1) is 18.8 Å². The minimum atomic E-state index is -1.29. The maximum absolute atomic E-state index is 12.6. The predicted octanol–water partition coefficient (Wildman–Crippen LogP) is 17.0. The maximum Gasteiger partial charge on any atom is 0.249 e. The topological polar surface area (TPSA) is 110 Å². The number of hydrogen-bond acceptors (Lipinski definition) is 5. The molecule has 0 spiro atoms. The van der Waals surface area contributed by atoms with Gasteiger partial charge in [0.15, 0.2) is 0 Å². The normalized spacial score (nSPS) is 14.1. The van der Waals surface area contributed by atoms with Crippen molar-refractivity contribution >= 4 is 5.91 Å². The number of carbonyl (C=O) groups is 1. The molecule has 0 aliphatic carbocycles. The summed E-state index contributed by atoms with van der Waals surface area (Å²) in [5, 5.41) is 43.9. The van der Waals surface area contributed by atoms with Crippen LogP contribution in [0.25, 0.3) is 0 Å². The van der Waals surface area contributed by atoms with Gasteiger partial charge in [-0.05, 0) is 83.5 Å². The lowest BCUT2D eigenvalue weighted by Crippen LogP contribution is -2.53. The average molecular weight is 929 g/mol. The second kappa shape index (κ2) is 54.2. The SMILES string of the molecule is CCCCCCCCC/C=C/CC/C=C/CCCC(O)C(O)C(CO)NC(=O)C(O)CCCCCCCCCCCCCCCCCC/C=C\C/C=C\CCCCCCCCCCCCC. The van der Waals surface area contributed by atoms with Crippen LogP contribution in [0.1, 0.15) is 296 Å². The lowest BCUT2D eigenvalue weighted by Gasteiger charge is -2.27. The van der Waals surface area contributed by atoms with Crippen molar-refractivity contribution < 1.29 is 25.2 Å². The van der Waals surface area contributed by atoms with Gasteiger partial charge < -0.3 is 25.7 Å². The summed E-state index contributed by atoms with van der Waals surface area (Å²) >= 11 is 0. The lowest BCUT2D eigenvalue weighted by atomic mass is 10.00. The molecule has 0 heterocycles. The highest BCUT2D eigenvalue weighted by molar-refractivity contribution is 5.80. The third kappa shape index (κ3) is 47.3. The Labute approximate surface area is 410 Å². The third-order valence-electron chi connectivity index (χ3n) is 13.5. The fraction of sp³-hybridized carbons (Fsp3) is 0.850. The molecule has 0 aromatic heterocycles. The molecule has 0 radical (unpaired) electrons. The molecular formula is C60H113NO5. The molecule has 4 atom stereocenters. The highest BCUT2D eigenvalue weighted by Crippen LogP contribution is 2.17. The van der Waals surface area contributed by atoms with Crippen LogP contribution in [0.5, 0.6) is 0 Å². The first-order valence-corrected chi connectivity index (χ1v) is 29.0. The van der Waals surface area contributed by atoms with E-state index in [1.165, 1.54) is 218 Å². The fourth-order valence-electron chi connectivity index (χ4n) is 8.92. The van der Waals surface area contributed by atoms with Crippen LogP contribution in [-0.2, 0) is 4.79 Å². The monoisotopic (exact) mass is 928 g/mol. The van der Waals surface area contributed by atoms with Crippen LogP contribution in [0.3, 0.4) is 0 Å². The van der Waals surface area contributed by atoms with Crippen molar-refractivity contribution in [1.82, 2.24) is 5.32 Å².